The number of benzene rings is 1. The van der Waals surface area contributed by atoms with E-state index in [1.165, 1.54) is 11.5 Å². The highest BCUT2D eigenvalue weighted by molar-refractivity contribution is 7.13. The molecule has 0 bridgehead atoms. The molecule has 0 radical (unpaired) electrons. The molecule has 1 unspecified atom stereocenters. The van der Waals surface area contributed by atoms with Gasteiger partial charge >= 0.3 is 5.97 Å². The predicted octanol–water partition coefficient (Wildman–Crippen LogP) is 2.47. The zero-order chi connectivity index (χ0) is 14.1. The van der Waals surface area contributed by atoms with Gasteiger partial charge in [-0.15, -0.1) is 0 Å². The summed E-state index contributed by atoms with van der Waals surface area (Å²) in [5.41, 5.74) is 1.28. The van der Waals surface area contributed by atoms with Crippen LogP contribution >= 0.6 is 11.5 Å². The van der Waals surface area contributed by atoms with Crippen LogP contribution < -0.4 is 4.90 Å². The number of carboxylic acids is 1. The molecule has 1 fully saturated rings. The van der Waals surface area contributed by atoms with Crippen molar-refractivity contribution >= 4 is 33.3 Å². The van der Waals surface area contributed by atoms with Gasteiger partial charge in [-0.2, -0.15) is 4.37 Å². The number of methoxy groups -OCH3 is 1. The third kappa shape index (κ3) is 2.36. The minimum atomic E-state index is -0.967. The Balaban J connectivity index is 1.85. The summed E-state index contributed by atoms with van der Waals surface area (Å²) in [5.74, 6) is -0.392. The van der Waals surface area contributed by atoms with Crippen LogP contribution in [-0.2, 0) is 4.74 Å². The summed E-state index contributed by atoms with van der Waals surface area (Å²) in [6, 6.07) is 5.88. The van der Waals surface area contributed by atoms with Crippen LogP contribution in [-0.4, -0.2) is 42.3 Å². The summed E-state index contributed by atoms with van der Waals surface area (Å²) in [4.78, 5) is 13.4. The topological polar surface area (TPSA) is 62.7 Å². The van der Waals surface area contributed by atoms with Crippen molar-refractivity contribution < 1.29 is 14.6 Å². The normalized spacial score (nSPS) is 18.9. The molecule has 1 aliphatic heterocycles. The van der Waals surface area contributed by atoms with E-state index in [0.717, 1.165) is 41.9 Å². The van der Waals surface area contributed by atoms with Crippen molar-refractivity contribution in [1.29, 1.82) is 0 Å². The van der Waals surface area contributed by atoms with Gasteiger partial charge in [0.05, 0.1) is 11.3 Å². The summed E-state index contributed by atoms with van der Waals surface area (Å²) in [7, 11) is 1.74. The molecule has 1 aliphatic rings. The molecular weight excluding hydrogens is 276 g/mol. The van der Waals surface area contributed by atoms with E-state index in [0.29, 0.717) is 5.92 Å². The highest BCUT2D eigenvalue weighted by atomic mass is 32.1. The highest BCUT2D eigenvalue weighted by Gasteiger charge is 2.23. The van der Waals surface area contributed by atoms with E-state index in [1.807, 2.05) is 18.2 Å². The Morgan fingerprint density at radius 1 is 1.60 bits per heavy atom. The molecule has 6 heteroatoms. The second kappa shape index (κ2) is 5.38. The zero-order valence-corrected chi connectivity index (χ0v) is 12.0. The third-order valence-corrected chi connectivity index (χ3v) is 4.52. The number of aromatic nitrogens is 1. The number of carboxylic acid groups (broad SMARTS) is 1. The van der Waals surface area contributed by atoms with E-state index in [-0.39, 0.29) is 5.69 Å². The maximum absolute atomic E-state index is 11.1. The Kier molecular flexibility index (Phi) is 3.58. The van der Waals surface area contributed by atoms with Gasteiger partial charge < -0.3 is 14.7 Å². The number of anilines is 1. The predicted molar refractivity (Wildman–Crippen MR) is 78.8 cm³/mol. The Morgan fingerprint density at radius 3 is 3.20 bits per heavy atom. The molecule has 1 aromatic heterocycles. The van der Waals surface area contributed by atoms with E-state index in [2.05, 4.69) is 9.27 Å². The number of ether oxygens (including phenoxy) is 1. The summed E-state index contributed by atoms with van der Waals surface area (Å²) >= 11 is 1.24. The average Bonchev–Trinajstić information content (AvgIpc) is 3.04. The summed E-state index contributed by atoms with van der Waals surface area (Å²) < 4.78 is 10.1. The van der Waals surface area contributed by atoms with Crippen LogP contribution in [0.1, 0.15) is 16.9 Å². The first kappa shape index (κ1) is 13.3. The molecular formula is C14H16N2O3S. The van der Waals surface area contributed by atoms with E-state index in [9.17, 15) is 4.79 Å². The first-order chi connectivity index (χ1) is 9.69. The van der Waals surface area contributed by atoms with E-state index < -0.39 is 5.97 Å². The largest absolute Gasteiger partial charge is 0.476 e. The molecule has 1 N–H and O–H groups in total. The van der Waals surface area contributed by atoms with E-state index in [4.69, 9.17) is 9.84 Å². The SMILES string of the molecule is COCC1CCN(c2ccc3c(C(=O)O)nsc3c2)C1. The van der Waals surface area contributed by atoms with Crippen LogP contribution in [0.3, 0.4) is 0 Å². The van der Waals surface area contributed by atoms with Crippen LogP contribution in [0.25, 0.3) is 10.1 Å². The Labute approximate surface area is 120 Å². The van der Waals surface area contributed by atoms with E-state index in [1.54, 1.807) is 7.11 Å². The van der Waals surface area contributed by atoms with Crippen LogP contribution in [0.5, 0.6) is 0 Å². The first-order valence-electron chi connectivity index (χ1n) is 6.55. The van der Waals surface area contributed by atoms with Crippen molar-refractivity contribution in [3.63, 3.8) is 0 Å². The molecule has 106 valence electrons. The van der Waals surface area contributed by atoms with Crippen molar-refractivity contribution in [3.05, 3.63) is 23.9 Å². The lowest BCUT2D eigenvalue weighted by molar-refractivity contribution is 0.0694. The summed E-state index contributed by atoms with van der Waals surface area (Å²) in [6.07, 6.45) is 1.13. The number of carbonyl (C=O) groups is 1. The van der Waals surface area contributed by atoms with Crippen molar-refractivity contribution in [2.75, 3.05) is 31.7 Å². The first-order valence-corrected chi connectivity index (χ1v) is 7.33. The second-order valence-corrected chi connectivity index (χ2v) is 5.88. The van der Waals surface area contributed by atoms with E-state index >= 15 is 0 Å². The number of nitrogens with zero attached hydrogens (tertiary/aromatic N) is 2. The minimum Gasteiger partial charge on any atom is -0.476 e. The van der Waals surface area contributed by atoms with Crippen LogP contribution in [0.2, 0.25) is 0 Å². The fourth-order valence-electron chi connectivity index (χ4n) is 2.72. The molecule has 1 atom stereocenters. The van der Waals surface area contributed by atoms with Gasteiger partial charge in [0, 0.05) is 37.2 Å². The lowest BCUT2D eigenvalue weighted by atomic mass is 10.1. The van der Waals surface area contributed by atoms with Crippen molar-refractivity contribution in [2.24, 2.45) is 5.92 Å². The number of rotatable bonds is 4. The van der Waals surface area contributed by atoms with Gasteiger partial charge in [-0.3, -0.25) is 0 Å². The lowest BCUT2D eigenvalue weighted by Crippen LogP contribution is -2.20. The van der Waals surface area contributed by atoms with Gasteiger partial charge in [0.15, 0.2) is 5.69 Å². The molecule has 2 aromatic rings. The molecule has 2 heterocycles. The Bertz CT molecular complexity index is 640. The Hall–Kier alpha value is -1.66. The minimum absolute atomic E-state index is 0.148. The van der Waals surface area contributed by atoms with Crippen molar-refractivity contribution in [2.45, 2.75) is 6.42 Å². The molecule has 0 aliphatic carbocycles. The molecule has 1 aromatic carbocycles. The monoisotopic (exact) mass is 292 g/mol. The summed E-state index contributed by atoms with van der Waals surface area (Å²) in [6.45, 7) is 2.80. The van der Waals surface area contributed by atoms with Crippen LogP contribution in [0, 0.1) is 5.92 Å². The van der Waals surface area contributed by atoms with Crippen molar-refractivity contribution in [1.82, 2.24) is 4.37 Å². The second-order valence-electron chi connectivity index (χ2n) is 5.07. The number of hydrogen-bond donors (Lipinski definition) is 1. The molecule has 0 amide bonds. The molecule has 1 saturated heterocycles. The van der Waals surface area contributed by atoms with Gasteiger partial charge in [-0.1, -0.05) is 0 Å². The maximum Gasteiger partial charge on any atom is 0.356 e. The molecule has 0 spiro atoms. The van der Waals surface area contributed by atoms with Gasteiger partial charge in [0.1, 0.15) is 0 Å². The standard InChI is InChI=1S/C14H16N2O3S/c1-19-8-9-4-5-16(7-9)10-2-3-11-12(6-10)20-15-13(11)14(17)18/h2-3,6,9H,4-5,7-8H2,1H3,(H,17,18). The Morgan fingerprint density at radius 2 is 2.45 bits per heavy atom. The maximum atomic E-state index is 11.1. The van der Waals surface area contributed by atoms with Gasteiger partial charge in [0.2, 0.25) is 0 Å². The lowest BCUT2D eigenvalue weighted by Gasteiger charge is -2.18. The van der Waals surface area contributed by atoms with Gasteiger partial charge in [-0.25, -0.2) is 4.79 Å². The third-order valence-electron chi connectivity index (χ3n) is 3.71. The fraction of sp³-hybridized carbons (Fsp3) is 0.429. The van der Waals surface area contributed by atoms with Gasteiger partial charge in [-0.05, 0) is 36.2 Å². The molecule has 3 rings (SSSR count). The quantitative estimate of drug-likeness (QED) is 0.938. The smallest absolute Gasteiger partial charge is 0.356 e. The van der Waals surface area contributed by atoms with Gasteiger partial charge in [0.25, 0.3) is 0 Å². The van der Waals surface area contributed by atoms with Crippen molar-refractivity contribution in [3.8, 4) is 0 Å². The number of fused-ring (bicyclic) bond motifs is 1. The molecule has 20 heavy (non-hydrogen) atoms. The summed E-state index contributed by atoms with van der Waals surface area (Å²) in [5, 5.41) is 9.79. The van der Waals surface area contributed by atoms with Crippen LogP contribution in [0.15, 0.2) is 18.2 Å². The molecule has 5 nitrogen and oxygen atoms in total. The fourth-order valence-corrected chi connectivity index (χ4v) is 3.52. The number of aromatic carboxylic acids is 1. The zero-order valence-electron chi connectivity index (χ0n) is 11.2. The van der Waals surface area contributed by atoms with Crippen LogP contribution in [0.4, 0.5) is 5.69 Å². The average molecular weight is 292 g/mol. The highest BCUT2D eigenvalue weighted by Crippen LogP contribution is 2.30. The number of hydrogen-bond acceptors (Lipinski definition) is 5. The molecule has 0 saturated carbocycles.